The molecular weight excluding hydrogens is 222 g/mol. The molecule has 0 aliphatic heterocycles. The smallest absolute Gasteiger partial charge is 0.0807 e. The van der Waals surface area contributed by atoms with Crippen molar-refractivity contribution in [3.05, 3.63) is 34.6 Å². The Labute approximate surface area is 102 Å². The zero-order valence-corrected chi connectivity index (χ0v) is 10.4. The highest BCUT2D eigenvalue weighted by molar-refractivity contribution is 6.25. The summed E-state index contributed by atoms with van der Waals surface area (Å²) < 4.78 is 2.12. The van der Waals surface area contributed by atoms with E-state index in [1.165, 1.54) is 12.0 Å². The van der Waals surface area contributed by atoms with Crippen molar-refractivity contribution in [3.63, 3.8) is 0 Å². The van der Waals surface area contributed by atoms with Gasteiger partial charge in [-0.1, -0.05) is 18.0 Å². The minimum atomic E-state index is -0.279. The first-order chi connectivity index (χ1) is 7.70. The normalized spacial score (nSPS) is 21.7. The van der Waals surface area contributed by atoms with E-state index in [2.05, 4.69) is 17.0 Å². The summed E-state index contributed by atoms with van der Waals surface area (Å²) in [5.74, 6) is 0. The van der Waals surface area contributed by atoms with Crippen LogP contribution in [0.5, 0.6) is 0 Å². The van der Waals surface area contributed by atoms with Gasteiger partial charge in [0.2, 0.25) is 0 Å². The van der Waals surface area contributed by atoms with E-state index in [0.717, 1.165) is 36.9 Å². The van der Waals surface area contributed by atoms with Crippen LogP contribution < -0.4 is 0 Å². The molecule has 0 fully saturated rings. The number of rotatable bonds is 2. The van der Waals surface area contributed by atoms with Gasteiger partial charge in [-0.2, -0.15) is 0 Å². The summed E-state index contributed by atoms with van der Waals surface area (Å²) in [5.41, 5.74) is 5.15. The van der Waals surface area contributed by atoms with E-state index >= 15 is 0 Å². The van der Waals surface area contributed by atoms with Crippen LogP contribution in [0.15, 0.2) is 23.5 Å². The maximum absolute atomic E-state index is 9.99. The lowest BCUT2D eigenvalue weighted by atomic mass is 10.1. The van der Waals surface area contributed by atoms with Gasteiger partial charge in [-0.3, -0.25) is 0 Å². The quantitative estimate of drug-likeness (QED) is 0.787. The maximum atomic E-state index is 9.99. The minimum Gasteiger partial charge on any atom is -0.388 e. The number of halogens is 1. The van der Waals surface area contributed by atoms with Crippen LogP contribution in [0.2, 0.25) is 0 Å². The molecule has 0 saturated heterocycles. The predicted molar refractivity (Wildman–Crippen MR) is 66.6 cm³/mol. The number of aliphatic hydroxyl groups is 1. The van der Waals surface area contributed by atoms with Crippen molar-refractivity contribution >= 4 is 11.6 Å². The van der Waals surface area contributed by atoms with Gasteiger partial charge in [-0.05, 0) is 37.3 Å². The second kappa shape index (κ2) is 5.07. The first-order valence-electron chi connectivity index (χ1n) is 5.83. The number of allylic oxidation sites excluding steroid dienone is 1. The lowest BCUT2D eigenvalue weighted by Gasteiger charge is -2.06. The molecule has 1 aliphatic rings. The molecule has 0 saturated carbocycles. The molecule has 88 valence electrons. The van der Waals surface area contributed by atoms with Crippen LogP contribution in [0.4, 0.5) is 0 Å². The Bertz CT molecular complexity index is 395. The number of nitrogens with zero attached hydrogens (tertiary/aromatic N) is 1. The fraction of sp³-hybridized carbons (Fsp3) is 0.538. The molecule has 2 rings (SSSR count). The Hall–Kier alpha value is -0.730. The molecule has 0 radical (unpaired) electrons. The minimum absolute atomic E-state index is 0.279. The first kappa shape index (κ1) is 11.7. The average molecular weight is 240 g/mol. The van der Waals surface area contributed by atoms with Gasteiger partial charge in [-0.15, -0.1) is 0 Å². The number of aryl methyl sites for hydroxylation is 1. The van der Waals surface area contributed by atoms with E-state index in [-0.39, 0.29) is 6.10 Å². The lowest BCUT2D eigenvalue weighted by molar-refractivity contribution is 0.166. The van der Waals surface area contributed by atoms with E-state index in [0.29, 0.717) is 0 Å². The molecule has 0 amide bonds. The van der Waals surface area contributed by atoms with E-state index in [4.69, 9.17) is 11.6 Å². The summed E-state index contributed by atoms with van der Waals surface area (Å²) in [6, 6.07) is 0. The van der Waals surface area contributed by atoms with Crippen LogP contribution in [0, 0.1) is 0 Å². The fourth-order valence-corrected chi connectivity index (χ4v) is 2.37. The van der Waals surface area contributed by atoms with Crippen molar-refractivity contribution in [3.8, 4) is 0 Å². The van der Waals surface area contributed by atoms with E-state index in [9.17, 15) is 5.11 Å². The predicted octanol–water partition coefficient (Wildman–Crippen LogP) is 3.39. The Morgan fingerprint density at radius 3 is 3.12 bits per heavy atom. The highest BCUT2D eigenvalue weighted by Gasteiger charge is 2.18. The fourth-order valence-electron chi connectivity index (χ4n) is 2.30. The van der Waals surface area contributed by atoms with Crippen LogP contribution in [0.1, 0.15) is 43.4 Å². The van der Waals surface area contributed by atoms with Crippen LogP contribution in [-0.2, 0) is 13.0 Å². The van der Waals surface area contributed by atoms with Gasteiger partial charge in [0.05, 0.1) is 6.10 Å². The number of fused-ring (bicyclic) bond motifs is 1. The third-order valence-electron chi connectivity index (χ3n) is 3.15. The van der Waals surface area contributed by atoms with Crippen molar-refractivity contribution in [2.45, 2.75) is 45.3 Å². The van der Waals surface area contributed by atoms with Gasteiger partial charge < -0.3 is 9.67 Å². The van der Waals surface area contributed by atoms with Crippen LogP contribution in [0.25, 0.3) is 0 Å². The number of aromatic nitrogens is 1. The van der Waals surface area contributed by atoms with E-state index in [1.807, 2.05) is 6.92 Å². The molecule has 1 unspecified atom stereocenters. The topological polar surface area (TPSA) is 25.2 Å². The molecule has 3 heteroatoms. The number of hydrogen-bond donors (Lipinski definition) is 1. The standard InChI is InChI=1S/C13H18ClNO/c1-10(6-14)7-15-8-11-4-2-3-5-13(16)12(11)9-15/h6,8-9,13,16H,2-5,7H2,1H3/b10-6-. The zero-order valence-electron chi connectivity index (χ0n) is 9.62. The second-order valence-corrected chi connectivity index (χ2v) is 4.85. The molecule has 0 aromatic carbocycles. The SMILES string of the molecule is C/C(=C/Cl)Cn1cc2c(c1)C(O)CCCC2. The van der Waals surface area contributed by atoms with Gasteiger partial charge in [0.15, 0.2) is 0 Å². The Balaban J connectivity index is 2.22. The Kier molecular flexibility index (Phi) is 3.72. The van der Waals surface area contributed by atoms with Crippen molar-refractivity contribution in [2.24, 2.45) is 0 Å². The van der Waals surface area contributed by atoms with Crippen LogP contribution >= 0.6 is 11.6 Å². The zero-order chi connectivity index (χ0) is 11.5. The lowest BCUT2D eigenvalue weighted by Crippen LogP contribution is -1.97. The summed E-state index contributed by atoms with van der Waals surface area (Å²) in [6.07, 6.45) is 8.21. The van der Waals surface area contributed by atoms with Gasteiger partial charge in [0.25, 0.3) is 0 Å². The van der Waals surface area contributed by atoms with Crippen molar-refractivity contribution in [1.29, 1.82) is 0 Å². The third-order valence-corrected chi connectivity index (χ3v) is 3.52. The van der Waals surface area contributed by atoms with Crippen molar-refractivity contribution in [1.82, 2.24) is 4.57 Å². The summed E-state index contributed by atoms with van der Waals surface area (Å²) in [5, 5.41) is 9.99. The molecule has 1 aromatic rings. The Morgan fingerprint density at radius 1 is 1.56 bits per heavy atom. The molecular formula is C13H18ClNO. The van der Waals surface area contributed by atoms with Gasteiger partial charge in [0.1, 0.15) is 0 Å². The summed E-state index contributed by atoms with van der Waals surface area (Å²) in [7, 11) is 0. The molecule has 1 atom stereocenters. The summed E-state index contributed by atoms with van der Waals surface area (Å²) in [6.45, 7) is 2.82. The van der Waals surface area contributed by atoms with E-state index < -0.39 is 0 Å². The third kappa shape index (κ3) is 2.50. The molecule has 2 nitrogen and oxygen atoms in total. The first-order valence-corrected chi connectivity index (χ1v) is 6.27. The second-order valence-electron chi connectivity index (χ2n) is 4.63. The Morgan fingerprint density at radius 2 is 2.38 bits per heavy atom. The van der Waals surface area contributed by atoms with Crippen LogP contribution in [-0.4, -0.2) is 9.67 Å². The van der Waals surface area contributed by atoms with Gasteiger partial charge in [-0.25, -0.2) is 0 Å². The molecule has 0 spiro atoms. The number of aliphatic hydroxyl groups excluding tert-OH is 1. The molecule has 1 aliphatic carbocycles. The largest absolute Gasteiger partial charge is 0.388 e. The molecule has 1 N–H and O–H groups in total. The van der Waals surface area contributed by atoms with Crippen molar-refractivity contribution in [2.75, 3.05) is 0 Å². The average Bonchev–Trinajstić information content (AvgIpc) is 2.59. The molecule has 1 heterocycles. The summed E-state index contributed by atoms with van der Waals surface area (Å²) in [4.78, 5) is 0. The van der Waals surface area contributed by atoms with Crippen LogP contribution in [0.3, 0.4) is 0 Å². The monoisotopic (exact) mass is 239 g/mol. The molecule has 1 aromatic heterocycles. The number of hydrogen-bond acceptors (Lipinski definition) is 1. The highest BCUT2D eigenvalue weighted by Crippen LogP contribution is 2.29. The van der Waals surface area contributed by atoms with Crippen molar-refractivity contribution < 1.29 is 5.11 Å². The summed E-state index contributed by atoms with van der Waals surface area (Å²) >= 11 is 5.66. The van der Waals surface area contributed by atoms with Gasteiger partial charge in [0, 0.05) is 30.0 Å². The maximum Gasteiger partial charge on any atom is 0.0807 e. The van der Waals surface area contributed by atoms with E-state index in [1.54, 1.807) is 5.54 Å². The molecule has 0 bridgehead atoms. The molecule has 16 heavy (non-hydrogen) atoms. The van der Waals surface area contributed by atoms with Gasteiger partial charge >= 0.3 is 0 Å². The highest BCUT2D eigenvalue weighted by atomic mass is 35.5.